The predicted octanol–water partition coefficient (Wildman–Crippen LogP) is 19.4. The summed E-state index contributed by atoms with van der Waals surface area (Å²) in [5, 5.41) is 44.2. The minimum absolute atomic E-state index is 0.377. The van der Waals surface area contributed by atoms with Gasteiger partial charge in [0.2, 0.25) is 5.91 Å². The molecule has 0 aliphatic heterocycles. The molecular weight excluding hydrogens is 863 g/mol. The van der Waals surface area contributed by atoms with E-state index in [0.717, 1.165) is 38.5 Å². The quantitative estimate of drug-likeness (QED) is 0.0390. The number of amides is 1. The summed E-state index contributed by atoms with van der Waals surface area (Å²) in [7, 11) is 0. The molecule has 0 rings (SSSR count). The number of hydrogen-bond donors (Lipinski definition) is 5. The number of nitrogens with one attached hydrogen (secondary N) is 1. The number of carbonyl (C=O) groups excluding carboxylic acids is 1. The number of aliphatic hydroxyl groups excluding tert-OH is 4. The molecule has 4 atom stereocenters. The number of aliphatic hydroxyl groups is 4. The first kappa shape index (κ1) is 69.3. The Morgan fingerprint density at radius 1 is 0.300 bits per heavy atom. The summed E-state index contributed by atoms with van der Waals surface area (Å²) in [5.74, 6) is -0.574. The van der Waals surface area contributed by atoms with E-state index in [-0.39, 0.29) is 0 Å². The highest BCUT2D eigenvalue weighted by Gasteiger charge is 2.28. The van der Waals surface area contributed by atoms with E-state index in [1.54, 1.807) is 0 Å². The van der Waals surface area contributed by atoms with Gasteiger partial charge in [0.1, 0.15) is 12.2 Å². The zero-order valence-electron chi connectivity index (χ0n) is 47.8. The number of carbonyl (C=O) groups is 1. The minimum Gasteiger partial charge on any atom is -0.394 e. The van der Waals surface area contributed by atoms with E-state index in [0.29, 0.717) is 12.8 Å². The monoisotopic (exact) mass is 992 g/mol. The van der Waals surface area contributed by atoms with Crippen LogP contribution in [0, 0.1) is 0 Å². The Kier molecular flexibility index (Phi) is 58.6. The Hall–Kier alpha value is -0.690. The van der Waals surface area contributed by atoms with Crippen molar-refractivity contribution in [2.75, 3.05) is 6.61 Å². The molecule has 0 aliphatic rings. The van der Waals surface area contributed by atoms with E-state index >= 15 is 0 Å². The second-order valence-electron chi connectivity index (χ2n) is 22.8. The lowest BCUT2D eigenvalue weighted by Crippen LogP contribution is -2.53. The van der Waals surface area contributed by atoms with Crippen LogP contribution < -0.4 is 5.32 Å². The van der Waals surface area contributed by atoms with Crippen LogP contribution in [-0.2, 0) is 4.79 Å². The third kappa shape index (κ3) is 52.2. The van der Waals surface area contributed by atoms with Gasteiger partial charge in [0.15, 0.2) is 0 Å². The van der Waals surface area contributed by atoms with Crippen molar-refractivity contribution in [3.63, 3.8) is 0 Å². The molecule has 0 aliphatic carbocycles. The van der Waals surface area contributed by atoms with Crippen LogP contribution in [0.4, 0.5) is 0 Å². The van der Waals surface area contributed by atoms with Crippen molar-refractivity contribution < 1.29 is 25.2 Å². The summed E-state index contributed by atoms with van der Waals surface area (Å²) in [5.41, 5.74) is 0. The van der Waals surface area contributed by atoms with E-state index in [1.165, 1.54) is 308 Å². The molecule has 0 radical (unpaired) electrons. The molecule has 0 aromatic rings. The van der Waals surface area contributed by atoms with Crippen molar-refractivity contribution in [2.24, 2.45) is 0 Å². The number of rotatable bonds is 61. The Balaban J connectivity index is 3.53. The van der Waals surface area contributed by atoms with Crippen LogP contribution in [0.5, 0.6) is 0 Å². The molecule has 0 bridgehead atoms. The molecule has 70 heavy (non-hydrogen) atoms. The van der Waals surface area contributed by atoms with E-state index in [2.05, 4.69) is 19.2 Å². The Labute approximate surface area is 439 Å². The molecule has 5 N–H and O–H groups in total. The maximum atomic E-state index is 12.6. The fourth-order valence-electron chi connectivity index (χ4n) is 10.8. The summed E-state index contributed by atoms with van der Waals surface area (Å²) < 4.78 is 0. The first-order chi connectivity index (χ1) is 34.5. The molecule has 1 amide bonds. The second-order valence-corrected chi connectivity index (χ2v) is 22.8. The van der Waals surface area contributed by atoms with Gasteiger partial charge in [-0.2, -0.15) is 0 Å². The van der Waals surface area contributed by atoms with E-state index in [1.807, 2.05) is 0 Å². The second kappa shape index (κ2) is 59.2. The topological polar surface area (TPSA) is 110 Å². The molecule has 0 heterocycles. The van der Waals surface area contributed by atoms with Crippen LogP contribution in [0.2, 0.25) is 0 Å². The molecule has 6 heteroatoms. The van der Waals surface area contributed by atoms with Gasteiger partial charge < -0.3 is 25.7 Å². The first-order valence-corrected chi connectivity index (χ1v) is 32.4. The van der Waals surface area contributed by atoms with Crippen LogP contribution in [0.15, 0.2) is 0 Å². The van der Waals surface area contributed by atoms with Gasteiger partial charge in [-0.15, -0.1) is 0 Å². The van der Waals surface area contributed by atoms with E-state index in [4.69, 9.17) is 0 Å². The largest absolute Gasteiger partial charge is 0.394 e. The van der Waals surface area contributed by atoms with Crippen molar-refractivity contribution in [3.8, 4) is 0 Å². The molecule has 420 valence electrons. The third-order valence-corrected chi connectivity index (χ3v) is 15.8. The summed E-state index contributed by atoms with van der Waals surface area (Å²) in [6, 6.07) is -0.982. The van der Waals surface area contributed by atoms with Crippen molar-refractivity contribution in [3.05, 3.63) is 0 Å². The fraction of sp³-hybridized carbons (Fsp3) is 0.984. The van der Waals surface area contributed by atoms with Crippen LogP contribution >= 0.6 is 0 Å². The van der Waals surface area contributed by atoms with Crippen LogP contribution in [0.3, 0.4) is 0 Å². The minimum atomic E-state index is -1.26. The Morgan fingerprint density at radius 2 is 0.486 bits per heavy atom. The zero-order chi connectivity index (χ0) is 50.9. The lowest BCUT2D eigenvalue weighted by molar-refractivity contribution is -0.132. The van der Waals surface area contributed by atoms with Crippen molar-refractivity contribution in [2.45, 2.75) is 398 Å². The van der Waals surface area contributed by atoms with Gasteiger partial charge in [-0.3, -0.25) is 4.79 Å². The molecule has 0 aromatic heterocycles. The smallest absolute Gasteiger partial charge is 0.249 e. The summed E-state index contributed by atoms with van der Waals surface area (Å²) in [4.78, 5) is 12.6. The number of hydrogen-bond acceptors (Lipinski definition) is 5. The van der Waals surface area contributed by atoms with Crippen LogP contribution in [-0.4, -0.2) is 57.3 Å². The molecule has 0 aromatic carbocycles. The fourth-order valence-corrected chi connectivity index (χ4v) is 10.8. The molecule has 0 spiro atoms. The lowest BCUT2D eigenvalue weighted by Gasteiger charge is -2.27. The molecular formula is C64H129NO5. The molecule has 4 unspecified atom stereocenters. The van der Waals surface area contributed by atoms with Gasteiger partial charge in [-0.25, -0.2) is 0 Å². The molecule has 6 nitrogen and oxygen atoms in total. The van der Waals surface area contributed by atoms with Gasteiger partial charge in [-0.1, -0.05) is 361 Å². The Bertz CT molecular complexity index is 979. The van der Waals surface area contributed by atoms with Gasteiger partial charge in [0.25, 0.3) is 0 Å². The number of unbranched alkanes of at least 4 members (excludes halogenated alkanes) is 52. The maximum absolute atomic E-state index is 12.6. The van der Waals surface area contributed by atoms with Gasteiger partial charge in [0.05, 0.1) is 18.8 Å². The summed E-state index contributed by atoms with van der Waals surface area (Å²) in [6.45, 7) is 4.12. The van der Waals surface area contributed by atoms with Crippen molar-refractivity contribution in [1.82, 2.24) is 5.32 Å². The molecule has 0 saturated heterocycles. The zero-order valence-corrected chi connectivity index (χ0v) is 47.8. The van der Waals surface area contributed by atoms with Crippen LogP contribution in [0.1, 0.15) is 373 Å². The average molecular weight is 993 g/mol. The first-order valence-electron chi connectivity index (χ1n) is 32.4. The SMILES string of the molecule is CCCCCCCCCCCCCCCCCCCCCCCCCCCCCCC(O)C(O)C(CO)NC(=O)C(O)CCCCCCCCCCCCCCCCCCCCCCCCCCCC. The van der Waals surface area contributed by atoms with E-state index < -0.39 is 36.9 Å². The van der Waals surface area contributed by atoms with Crippen molar-refractivity contribution in [1.29, 1.82) is 0 Å². The van der Waals surface area contributed by atoms with Crippen LogP contribution in [0.25, 0.3) is 0 Å². The highest BCUT2D eigenvalue weighted by Crippen LogP contribution is 2.20. The van der Waals surface area contributed by atoms with Gasteiger partial charge in [-0.05, 0) is 12.8 Å². The lowest BCUT2D eigenvalue weighted by atomic mass is 9.99. The normalized spacial score (nSPS) is 13.5. The summed E-state index contributed by atoms with van der Waals surface area (Å²) in [6.07, 6.45) is 70.6. The Morgan fingerprint density at radius 3 is 0.686 bits per heavy atom. The third-order valence-electron chi connectivity index (χ3n) is 15.8. The van der Waals surface area contributed by atoms with Crippen molar-refractivity contribution >= 4 is 5.91 Å². The predicted molar refractivity (Wildman–Crippen MR) is 307 cm³/mol. The summed E-state index contributed by atoms with van der Waals surface area (Å²) >= 11 is 0. The standard InChI is InChI=1S/C64H129NO5/c1-3-5-7-9-11-13-15-17-19-21-23-25-27-29-31-32-34-35-37-39-41-43-45-47-49-51-53-55-57-61(67)63(69)60(59-66)65-64(70)62(68)58-56-54-52-50-48-46-44-42-40-38-36-33-30-28-26-24-22-20-18-16-14-12-10-8-6-4-2/h60-63,66-69H,3-59H2,1-2H3,(H,65,70). The highest BCUT2D eigenvalue weighted by atomic mass is 16.3. The average Bonchev–Trinajstić information content (AvgIpc) is 3.36. The molecule has 0 saturated carbocycles. The maximum Gasteiger partial charge on any atom is 0.249 e. The highest BCUT2D eigenvalue weighted by molar-refractivity contribution is 5.80. The van der Waals surface area contributed by atoms with E-state index in [9.17, 15) is 25.2 Å². The van der Waals surface area contributed by atoms with Gasteiger partial charge in [0, 0.05) is 0 Å². The van der Waals surface area contributed by atoms with Gasteiger partial charge >= 0.3 is 0 Å². The molecule has 0 fully saturated rings.